The molecule has 0 aliphatic carbocycles. The summed E-state index contributed by atoms with van der Waals surface area (Å²) in [6.07, 6.45) is 6.62. The van der Waals surface area contributed by atoms with Gasteiger partial charge in [0, 0.05) is 18.6 Å². The molecule has 0 saturated carbocycles. The minimum Gasteiger partial charge on any atom is -0.476 e. The third-order valence-electron chi connectivity index (χ3n) is 3.21. The van der Waals surface area contributed by atoms with Crippen molar-refractivity contribution in [1.82, 2.24) is 29.8 Å². The molecule has 0 spiro atoms. The SMILES string of the molecule is O=C(O)c1n[nH]c2ccnc(-c3cnn4cccnc34)c12. The Kier molecular flexibility index (Phi) is 2.25. The number of pyridine rings is 1. The summed E-state index contributed by atoms with van der Waals surface area (Å²) in [7, 11) is 0. The average Bonchev–Trinajstić information content (AvgIpc) is 3.11. The molecule has 0 fully saturated rings. The van der Waals surface area contributed by atoms with Crippen molar-refractivity contribution in [2.24, 2.45) is 0 Å². The van der Waals surface area contributed by atoms with E-state index in [-0.39, 0.29) is 5.69 Å². The third kappa shape index (κ3) is 1.59. The number of fused-ring (bicyclic) bond motifs is 2. The van der Waals surface area contributed by atoms with Gasteiger partial charge in [-0.25, -0.2) is 14.3 Å². The first-order valence-corrected chi connectivity index (χ1v) is 6.11. The maximum Gasteiger partial charge on any atom is 0.357 e. The van der Waals surface area contributed by atoms with Gasteiger partial charge in [0.1, 0.15) is 0 Å². The largest absolute Gasteiger partial charge is 0.476 e. The predicted octanol–water partition coefficient (Wildman–Crippen LogP) is 1.37. The Morgan fingerprint density at radius 3 is 3.05 bits per heavy atom. The molecule has 4 rings (SSSR count). The van der Waals surface area contributed by atoms with Crippen molar-refractivity contribution in [2.45, 2.75) is 0 Å². The number of hydrogen-bond donors (Lipinski definition) is 2. The monoisotopic (exact) mass is 280 g/mol. The van der Waals surface area contributed by atoms with Gasteiger partial charge in [-0.15, -0.1) is 0 Å². The smallest absolute Gasteiger partial charge is 0.357 e. The maximum atomic E-state index is 11.3. The zero-order chi connectivity index (χ0) is 14.4. The van der Waals surface area contributed by atoms with Crippen LogP contribution >= 0.6 is 0 Å². The van der Waals surface area contributed by atoms with Crippen molar-refractivity contribution in [2.75, 3.05) is 0 Å². The van der Waals surface area contributed by atoms with Crippen LogP contribution in [0.2, 0.25) is 0 Å². The second-order valence-electron chi connectivity index (χ2n) is 4.41. The number of hydrogen-bond acceptors (Lipinski definition) is 5. The lowest BCUT2D eigenvalue weighted by Crippen LogP contribution is -1.98. The summed E-state index contributed by atoms with van der Waals surface area (Å²) in [6, 6.07) is 3.44. The van der Waals surface area contributed by atoms with Gasteiger partial charge in [-0.2, -0.15) is 10.2 Å². The lowest BCUT2D eigenvalue weighted by atomic mass is 10.1. The first-order chi connectivity index (χ1) is 10.3. The third-order valence-corrected chi connectivity index (χ3v) is 3.21. The lowest BCUT2D eigenvalue weighted by Gasteiger charge is -2.00. The highest BCUT2D eigenvalue weighted by Crippen LogP contribution is 2.29. The Balaban J connectivity index is 2.11. The molecule has 8 heteroatoms. The van der Waals surface area contributed by atoms with Crippen molar-refractivity contribution in [3.8, 4) is 11.3 Å². The average molecular weight is 280 g/mol. The molecule has 21 heavy (non-hydrogen) atoms. The van der Waals surface area contributed by atoms with E-state index in [1.807, 2.05) is 0 Å². The zero-order valence-corrected chi connectivity index (χ0v) is 10.6. The Morgan fingerprint density at radius 2 is 2.19 bits per heavy atom. The minimum absolute atomic E-state index is 0.0663. The van der Waals surface area contributed by atoms with Gasteiger partial charge in [0.25, 0.3) is 0 Å². The molecule has 0 aliphatic heterocycles. The van der Waals surface area contributed by atoms with Crippen molar-refractivity contribution in [1.29, 1.82) is 0 Å². The molecule has 0 aliphatic rings. The van der Waals surface area contributed by atoms with Crippen LogP contribution in [0.15, 0.2) is 36.9 Å². The molecule has 4 heterocycles. The molecule has 4 aromatic heterocycles. The van der Waals surface area contributed by atoms with E-state index in [1.165, 1.54) is 0 Å². The van der Waals surface area contributed by atoms with Gasteiger partial charge in [0.2, 0.25) is 0 Å². The van der Waals surface area contributed by atoms with Crippen LogP contribution in [-0.2, 0) is 0 Å². The number of nitrogens with one attached hydrogen (secondary N) is 1. The van der Waals surface area contributed by atoms with Crippen LogP contribution in [0.5, 0.6) is 0 Å². The van der Waals surface area contributed by atoms with Crippen LogP contribution in [0.25, 0.3) is 27.8 Å². The van der Waals surface area contributed by atoms with E-state index < -0.39 is 5.97 Å². The van der Waals surface area contributed by atoms with Crippen molar-refractivity contribution >= 4 is 22.5 Å². The summed E-state index contributed by atoms with van der Waals surface area (Å²) in [5.74, 6) is -1.11. The van der Waals surface area contributed by atoms with Crippen LogP contribution in [0, 0.1) is 0 Å². The molecule has 0 atom stereocenters. The van der Waals surface area contributed by atoms with Crippen molar-refractivity contribution < 1.29 is 9.90 Å². The molecular formula is C13H8N6O2. The standard InChI is InChI=1S/C13H8N6O2/c20-13(21)11-9-8(17-18-11)2-4-14-10(9)7-6-16-19-5-1-3-15-12(7)19/h1-6H,(H,17,18)(H,20,21). The molecular weight excluding hydrogens is 272 g/mol. The molecule has 0 aromatic carbocycles. The van der Waals surface area contributed by atoms with E-state index in [1.54, 1.807) is 41.4 Å². The zero-order valence-electron chi connectivity index (χ0n) is 10.6. The fourth-order valence-corrected chi connectivity index (χ4v) is 2.32. The van der Waals surface area contributed by atoms with Crippen LogP contribution < -0.4 is 0 Å². The van der Waals surface area contributed by atoms with Gasteiger partial charge in [-0.3, -0.25) is 10.1 Å². The molecule has 4 aromatic rings. The highest BCUT2D eigenvalue weighted by atomic mass is 16.4. The number of aromatic nitrogens is 6. The van der Waals surface area contributed by atoms with Crippen LogP contribution in [0.3, 0.4) is 0 Å². The van der Waals surface area contributed by atoms with Crippen molar-refractivity contribution in [3.05, 3.63) is 42.6 Å². The Bertz CT molecular complexity index is 987. The van der Waals surface area contributed by atoms with Gasteiger partial charge in [0.05, 0.1) is 28.4 Å². The Morgan fingerprint density at radius 1 is 1.29 bits per heavy atom. The van der Waals surface area contributed by atoms with E-state index in [2.05, 4.69) is 25.3 Å². The molecule has 0 bridgehead atoms. The van der Waals surface area contributed by atoms with E-state index in [0.29, 0.717) is 27.8 Å². The lowest BCUT2D eigenvalue weighted by molar-refractivity contribution is 0.0692. The Labute approximate surface area is 117 Å². The summed E-state index contributed by atoms with van der Waals surface area (Å²) < 4.78 is 1.61. The van der Waals surface area contributed by atoms with Crippen LogP contribution in [0.4, 0.5) is 0 Å². The van der Waals surface area contributed by atoms with Gasteiger partial charge < -0.3 is 5.11 Å². The van der Waals surface area contributed by atoms with Gasteiger partial charge in [-0.1, -0.05) is 0 Å². The molecule has 0 amide bonds. The maximum absolute atomic E-state index is 11.3. The number of carbonyl (C=O) groups is 1. The van der Waals surface area contributed by atoms with Gasteiger partial charge >= 0.3 is 5.97 Å². The number of aromatic carboxylic acids is 1. The summed E-state index contributed by atoms with van der Waals surface area (Å²) in [5.41, 5.74) is 2.29. The van der Waals surface area contributed by atoms with E-state index in [0.717, 1.165) is 0 Å². The number of H-pyrrole nitrogens is 1. The number of nitrogens with zero attached hydrogens (tertiary/aromatic N) is 5. The fraction of sp³-hybridized carbons (Fsp3) is 0. The summed E-state index contributed by atoms with van der Waals surface area (Å²) in [5, 5.41) is 20.4. The quantitative estimate of drug-likeness (QED) is 0.574. The number of aromatic amines is 1. The van der Waals surface area contributed by atoms with E-state index >= 15 is 0 Å². The van der Waals surface area contributed by atoms with Crippen molar-refractivity contribution in [3.63, 3.8) is 0 Å². The van der Waals surface area contributed by atoms with Crippen LogP contribution in [0.1, 0.15) is 10.5 Å². The van der Waals surface area contributed by atoms with Gasteiger partial charge in [0.15, 0.2) is 11.3 Å². The Hall–Kier alpha value is -3.29. The molecule has 2 N–H and O–H groups in total. The molecule has 0 unspecified atom stereocenters. The first kappa shape index (κ1) is 11.5. The number of carboxylic acids is 1. The van der Waals surface area contributed by atoms with E-state index in [4.69, 9.17) is 0 Å². The second kappa shape index (κ2) is 4.10. The normalized spacial score (nSPS) is 11.2. The number of rotatable bonds is 2. The van der Waals surface area contributed by atoms with Crippen LogP contribution in [-0.4, -0.2) is 40.9 Å². The highest BCUT2D eigenvalue weighted by Gasteiger charge is 2.20. The fourth-order valence-electron chi connectivity index (χ4n) is 2.32. The highest BCUT2D eigenvalue weighted by molar-refractivity contribution is 6.07. The molecule has 0 saturated heterocycles. The second-order valence-corrected chi connectivity index (χ2v) is 4.41. The van der Waals surface area contributed by atoms with E-state index in [9.17, 15) is 9.90 Å². The number of carboxylic acid groups (broad SMARTS) is 1. The molecule has 8 nitrogen and oxygen atoms in total. The van der Waals surface area contributed by atoms with Gasteiger partial charge in [-0.05, 0) is 12.1 Å². The molecule has 102 valence electrons. The molecule has 0 radical (unpaired) electrons. The predicted molar refractivity (Wildman–Crippen MR) is 72.8 cm³/mol. The topological polar surface area (TPSA) is 109 Å². The summed E-state index contributed by atoms with van der Waals surface area (Å²) >= 11 is 0. The summed E-state index contributed by atoms with van der Waals surface area (Å²) in [6.45, 7) is 0. The first-order valence-electron chi connectivity index (χ1n) is 6.11. The minimum atomic E-state index is -1.11. The summed E-state index contributed by atoms with van der Waals surface area (Å²) in [4.78, 5) is 19.9.